The first-order valence-electron chi connectivity index (χ1n) is 5.04. The van der Waals surface area contributed by atoms with Crippen molar-refractivity contribution in [3.8, 4) is 0 Å². The summed E-state index contributed by atoms with van der Waals surface area (Å²) in [6, 6.07) is 4.75. The molecule has 0 aliphatic carbocycles. The van der Waals surface area contributed by atoms with Crippen LogP contribution in [-0.4, -0.2) is 13.4 Å². The van der Waals surface area contributed by atoms with Gasteiger partial charge in [-0.1, -0.05) is 20.8 Å². The number of halogens is 1. The third-order valence-electron chi connectivity index (χ3n) is 2.28. The number of fused-ring (bicyclic) bond motifs is 1. The summed E-state index contributed by atoms with van der Waals surface area (Å²) in [6.07, 6.45) is 0. The monoisotopic (exact) mass is 289 g/mol. The van der Waals surface area contributed by atoms with Crippen molar-refractivity contribution in [1.29, 1.82) is 0 Å². The van der Waals surface area contributed by atoms with Crippen LogP contribution < -0.4 is 0 Å². The molecule has 0 fully saturated rings. The van der Waals surface area contributed by atoms with Crippen LogP contribution >= 0.6 is 22.0 Å². The molecule has 3 nitrogen and oxygen atoms in total. The highest BCUT2D eigenvalue weighted by molar-refractivity contribution is 8.13. The third-order valence-corrected chi connectivity index (χ3v) is 5.08. The highest BCUT2D eigenvalue weighted by atomic mass is 35.7. The van der Waals surface area contributed by atoms with Gasteiger partial charge in [0, 0.05) is 16.1 Å². The average molecular weight is 290 g/mol. The van der Waals surface area contributed by atoms with E-state index in [-0.39, 0.29) is 10.3 Å². The lowest BCUT2D eigenvalue weighted by molar-refractivity contribution is 0.587. The van der Waals surface area contributed by atoms with E-state index < -0.39 is 9.05 Å². The molecule has 1 aromatic carbocycles. The third kappa shape index (κ3) is 2.61. The predicted molar refractivity (Wildman–Crippen MR) is 71.4 cm³/mol. The van der Waals surface area contributed by atoms with Crippen molar-refractivity contribution >= 4 is 41.3 Å². The lowest BCUT2D eigenvalue weighted by Crippen LogP contribution is -2.09. The van der Waals surface area contributed by atoms with Crippen LogP contribution in [0.1, 0.15) is 25.8 Å². The van der Waals surface area contributed by atoms with Crippen molar-refractivity contribution < 1.29 is 8.42 Å². The summed E-state index contributed by atoms with van der Waals surface area (Å²) in [5.41, 5.74) is 0.771. The first kappa shape index (κ1) is 12.8. The Hall–Kier alpha value is -0.650. The molecule has 0 radical (unpaired) electrons. The molecule has 1 heterocycles. The van der Waals surface area contributed by atoms with Crippen LogP contribution in [0.25, 0.3) is 10.2 Å². The number of hydrogen-bond donors (Lipinski definition) is 0. The largest absolute Gasteiger partial charge is 0.261 e. The zero-order valence-electron chi connectivity index (χ0n) is 9.69. The molecule has 0 unspecified atom stereocenters. The second-order valence-corrected chi connectivity index (χ2v) is 8.43. The summed E-state index contributed by atoms with van der Waals surface area (Å²) < 4.78 is 23.3. The summed E-state index contributed by atoms with van der Waals surface area (Å²) in [6.45, 7) is 6.22. The van der Waals surface area contributed by atoms with Gasteiger partial charge in [0.15, 0.2) is 0 Å². The van der Waals surface area contributed by atoms with E-state index in [9.17, 15) is 8.42 Å². The van der Waals surface area contributed by atoms with E-state index in [1.807, 2.05) is 0 Å². The van der Waals surface area contributed by atoms with Gasteiger partial charge in [-0.3, -0.25) is 0 Å². The molecule has 0 atom stereocenters. The van der Waals surface area contributed by atoms with Crippen molar-refractivity contribution in [1.82, 2.24) is 4.98 Å². The number of benzene rings is 1. The Morgan fingerprint density at radius 1 is 1.29 bits per heavy atom. The summed E-state index contributed by atoms with van der Waals surface area (Å²) in [5.74, 6) is 0. The summed E-state index contributed by atoms with van der Waals surface area (Å²) in [4.78, 5) is 4.61. The number of hydrogen-bond acceptors (Lipinski definition) is 4. The Morgan fingerprint density at radius 2 is 1.94 bits per heavy atom. The highest BCUT2D eigenvalue weighted by Crippen LogP contribution is 2.32. The van der Waals surface area contributed by atoms with Gasteiger partial charge in [0.2, 0.25) is 0 Å². The molecule has 92 valence electrons. The molecule has 0 saturated heterocycles. The maximum Gasteiger partial charge on any atom is 0.261 e. The minimum Gasteiger partial charge on any atom is -0.241 e. The molecule has 0 aliphatic rings. The average Bonchev–Trinajstić information content (AvgIpc) is 2.57. The molecule has 2 rings (SSSR count). The smallest absolute Gasteiger partial charge is 0.241 e. The zero-order valence-corrected chi connectivity index (χ0v) is 12.1. The van der Waals surface area contributed by atoms with E-state index in [2.05, 4.69) is 25.8 Å². The summed E-state index contributed by atoms with van der Waals surface area (Å²) in [5, 5.41) is 0.983. The van der Waals surface area contributed by atoms with Crippen molar-refractivity contribution in [3.63, 3.8) is 0 Å². The van der Waals surface area contributed by atoms with E-state index in [1.165, 1.54) is 17.4 Å². The van der Waals surface area contributed by atoms with Gasteiger partial charge >= 0.3 is 0 Å². The second-order valence-electron chi connectivity index (χ2n) is 4.84. The van der Waals surface area contributed by atoms with E-state index in [4.69, 9.17) is 10.7 Å². The van der Waals surface area contributed by atoms with Crippen molar-refractivity contribution in [3.05, 3.63) is 23.2 Å². The quantitative estimate of drug-likeness (QED) is 0.755. The van der Waals surface area contributed by atoms with Crippen LogP contribution in [0, 0.1) is 0 Å². The number of rotatable bonds is 1. The Balaban J connectivity index is 2.64. The number of thiazole rings is 1. The zero-order chi connectivity index (χ0) is 12.8. The van der Waals surface area contributed by atoms with Gasteiger partial charge in [-0.05, 0) is 18.2 Å². The fourth-order valence-corrected chi connectivity index (χ4v) is 3.29. The topological polar surface area (TPSA) is 47.0 Å². The van der Waals surface area contributed by atoms with Crippen LogP contribution in [0.3, 0.4) is 0 Å². The molecule has 2 aromatic rings. The van der Waals surface area contributed by atoms with Crippen LogP contribution in [0.15, 0.2) is 23.1 Å². The van der Waals surface area contributed by atoms with Gasteiger partial charge in [0.1, 0.15) is 0 Å². The van der Waals surface area contributed by atoms with Crippen LogP contribution in [0.2, 0.25) is 0 Å². The summed E-state index contributed by atoms with van der Waals surface area (Å²) in [7, 11) is 1.64. The van der Waals surface area contributed by atoms with Gasteiger partial charge in [-0.2, -0.15) is 0 Å². The first-order chi connectivity index (χ1) is 7.68. The van der Waals surface area contributed by atoms with E-state index in [0.29, 0.717) is 0 Å². The lowest BCUT2D eigenvalue weighted by Gasteiger charge is -2.13. The molecule has 0 N–H and O–H groups in total. The summed E-state index contributed by atoms with van der Waals surface area (Å²) >= 11 is 1.50. The molecule has 0 saturated carbocycles. The molecule has 0 aliphatic heterocycles. The molecule has 0 spiro atoms. The van der Waals surface area contributed by atoms with Crippen LogP contribution in [0.5, 0.6) is 0 Å². The first-order valence-corrected chi connectivity index (χ1v) is 8.16. The normalized spacial score (nSPS) is 13.2. The Kier molecular flexibility index (Phi) is 2.96. The minimum atomic E-state index is -3.67. The van der Waals surface area contributed by atoms with Crippen molar-refractivity contribution in [2.75, 3.05) is 0 Å². The van der Waals surface area contributed by atoms with Crippen LogP contribution in [0.4, 0.5) is 0 Å². The molecule has 1 aromatic heterocycles. The maximum absolute atomic E-state index is 11.2. The number of nitrogens with zero attached hydrogens (tertiary/aromatic N) is 1. The molecule has 6 heteroatoms. The van der Waals surface area contributed by atoms with E-state index in [1.54, 1.807) is 12.1 Å². The van der Waals surface area contributed by atoms with Gasteiger partial charge in [0.25, 0.3) is 9.05 Å². The van der Waals surface area contributed by atoms with Gasteiger partial charge in [-0.15, -0.1) is 11.3 Å². The minimum absolute atomic E-state index is 0.0380. The molecular weight excluding hydrogens is 278 g/mol. The van der Waals surface area contributed by atoms with Gasteiger partial charge in [-0.25, -0.2) is 13.4 Å². The van der Waals surface area contributed by atoms with Crippen molar-refractivity contribution in [2.45, 2.75) is 31.1 Å². The Morgan fingerprint density at radius 3 is 2.47 bits per heavy atom. The number of aromatic nitrogens is 1. The SMILES string of the molecule is CC(C)(C)c1nc2ccc(S(=O)(=O)Cl)cc2s1. The highest BCUT2D eigenvalue weighted by Gasteiger charge is 2.19. The Bertz CT molecular complexity index is 668. The van der Waals surface area contributed by atoms with Crippen molar-refractivity contribution in [2.24, 2.45) is 0 Å². The maximum atomic E-state index is 11.2. The predicted octanol–water partition coefficient (Wildman–Crippen LogP) is 3.52. The molecule has 0 bridgehead atoms. The van der Waals surface area contributed by atoms with Crippen LogP contribution in [-0.2, 0) is 14.5 Å². The Labute approximate surface area is 109 Å². The fraction of sp³-hybridized carbons (Fsp3) is 0.364. The van der Waals surface area contributed by atoms with E-state index in [0.717, 1.165) is 15.2 Å². The molecule has 17 heavy (non-hydrogen) atoms. The standard InChI is InChI=1S/C11H12ClNO2S2/c1-11(2,3)10-13-8-5-4-7(17(12,14)15)6-9(8)16-10/h4-6H,1-3H3. The fourth-order valence-electron chi connectivity index (χ4n) is 1.38. The van der Waals surface area contributed by atoms with E-state index >= 15 is 0 Å². The second kappa shape index (κ2) is 3.93. The van der Waals surface area contributed by atoms with Gasteiger partial charge < -0.3 is 0 Å². The molecule has 0 amide bonds. The lowest BCUT2D eigenvalue weighted by atomic mass is 9.98. The molecular formula is C11H12ClNO2S2. The van der Waals surface area contributed by atoms with Gasteiger partial charge in [0.05, 0.1) is 20.1 Å².